The third kappa shape index (κ3) is 4.65. The quantitative estimate of drug-likeness (QED) is 0.307. The summed E-state index contributed by atoms with van der Waals surface area (Å²) < 4.78 is 21.5. The predicted octanol–water partition coefficient (Wildman–Crippen LogP) is 4.99. The molecule has 0 aliphatic rings. The normalized spacial score (nSPS) is 12.2. The summed E-state index contributed by atoms with van der Waals surface area (Å²) in [6, 6.07) is 23.0. The molecule has 0 saturated carbocycles. The van der Waals surface area contributed by atoms with Crippen LogP contribution in [0.4, 0.5) is 11.4 Å². The van der Waals surface area contributed by atoms with Crippen molar-refractivity contribution in [1.29, 1.82) is 0 Å². The van der Waals surface area contributed by atoms with Gasteiger partial charge in [-0.25, -0.2) is 4.21 Å². The van der Waals surface area contributed by atoms with Crippen molar-refractivity contribution in [3.8, 4) is 16.9 Å². The first kappa shape index (κ1) is 22.0. The molecule has 0 fully saturated rings. The molecule has 7 heteroatoms. The van der Waals surface area contributed by atoms with Crippen LogP contribution in [-0.4, -0.2) is 44.5 Å². The maximum atomic E-state index is 11.8. The molecule has 0 aliphatic carbocycles. The number of benzene rings is 3. The molecule has 6 nitrogen and oxygen atoms in total. The Kier molecular flexibility index (Phi) is 6.50. The number of hydrogen-bond donors (Lipinski definition) is 2. The minimum absolute atomic E-state index is 0.0319. The molecule has 0 spiro atoms. The first-order valence-corrected chi connectivity index (χ1v) is 11.5. The van der Waals surface area contributed by atoms with Gasteiger partial charge < -0.3 is 14.6 Å². The van der Waals surface area contributed by atoms with E-state index in [1.807, 2.05) is 79.7 Å². The van der Waals surface area contributed by atoms with Gasteiger partial charge in [0.1, 0.15) is 5.75 Å². The van der Waals surface area contributed by atoms with Gasteiger partial charge in [-0.15, -0.1) is 0 Å². The number of hydrogen-bond acceptors (Lipinski definition) is 5. The van der Waals surface area contributed by atoms with Gasteiger partial charge in [0, 0.05) is 28.4 Å². The van der Waals surface area contributed by atoms with Crippen molar-refractivity contribution in [3.05, 3.63) is 84.6 Å². The zero-order valence-corrected chi connectivity index (χ0v) is 18.8. The molecule has 0 radical (unpaired) electrons. The molecule has 3 aromatic carbocycles. The molecule has 164 valence electrons. The van der Waals surface area contributed by atoms with Crippen molar-refractivity contribution in [2.75, 3.05) is 25.7 Å². The van der Waals surface area contributed by atoms with Crippen LogP contribution in [-0.2, 0) is 16.8 Å². The molecule has 1 unspecified atom stereocenters. The lowest BCUT2D eigenvalue weighted by molar-refractivity contribution is 0.418. The molecule has 0 aliphatic heterocycles. The van der Waals surface area contributed by atoms with E-state index in [2.05, 4.69) is 9.88 Å². The Morgan fingerprint density at radius 2 is 1.69 bits per heavy atom. The van der Waals surface area contributed by atoms with Crippen LogP contribution in [0.25, 0.3) is 22.0 Å². The summed E-state index contributed by atoms with van der Waals surface area (Å²) in [6.45, 7) is 0.564. The van der Waals surface area contributed by atoms with Gasteiger partial charge in [-0.3, -0.25) is 9.88 Å². The molecule has 32 heavy (non-hydrogen) atoms. The van der Waals surface area contributed by atoms with Gasteiger partial charge in [-0.1, -0.05) is 42.5 Å². The lowest BCUT2D eigenvalue weighted by Crippen LogP contribution is -2.30. The number of pyridine rings is 1. The molecule has 1 heterocycles. The Bertz CT molecular complexity index is 1260. The van der Waals surface area contributed by atoms with Crippen LogP contribution in [0.15, 0.2) is 79.0 Å². The van der Waals surface area contributed by atoms with Gasteiger partial charge in [0.15, 0.2) is 11.1 Å². The first-order valence-electron chi connectivity index (χ1n) is 10.2. The number of aromatic nitrogens is 1. The molecule has 4 rings (SSSR count). The van der Waals surface area contributed by atoms with Gasteiger partial charge in [0.25, 0.3) is 0 Å². The van der Waals surface area contributed by atoms with Crippen molar-refractivity contribution < 1.29 is 13.9 Å². The molecule has 1 aromatic heterocycles. The van der Waals surface area contributed by atoms with Crippen molar-refractivity contribution in [2.24, 2.45) is 0 Å². The predicted molar refractivity (Wildman–Crippen MR) is 130 cm³/mol. The molecule has 0 saturated heterocycles. The van der Waals surface area contributed by atoms with E-state index >= 15 is 0 Å². The summed E-state index contributed by atoms with van der Waals surface area (Å²) >= 11 is -2.02. The van der Waals surface area contributed by atoms with Crippen LogP contribution in [0, 0.1) is 0 Å². The molecular formula is C25H25N3O3S. The van der Waals surface area contributed by atoms with Gasteiger partial charge in [0.2, 0.25) is 0 Å². The van der Waals surface area contributed by atoms with E-state index in [0.717, 1.165) is 33.4 Å². The van der Waals surface area contributed by atoms with Crippen LogP contribution in [0.3, 0.4) is 0 Å². The van der Waals surface area contributed by atoms with Crippen LogP contribution in [0.1, 0.15) is 5.56 Å². The third-order valence-electron chi connectivity index (χ3n) is 5.17. The van der Waals surface area contributed by atoms with E-state index < -0.39 is 11.1 Å². The van der Waals surface area contributed by atoms with E-state index in [0.29, 0.717) is 12.2 Å². The molecule has 1 atom stereocenters. The molecule has 2 N–H and O–H groups in total. The monoisotopic (exact) mass is 447 g/mol. The number of anilines is 2. The fourth-order valence-electron chi connectivity index (χ4n) is 3.83. The summed E-state index contributed by atoms with van der Waals surface area (Å²) in [6.07, 6.45) is 1.68. The van der Waals surface area contributed by atoms with E-state index in [4.69, 9.17) is 0 Å². The van der Waals surface area contributed by atoms with Crippen molar-refractivity contribution in [1.82, 2.24) is 9.88 Å². The van der Waals surface area contributed by atoms with Crippen LogP contribution >= 0.6 is 0 Å². The van der Waals surface area contributed by atoms with Crippen LogP contribution in [0.5, 0.6) is 5.75 Å². The molecule has 0 bridgehead atoms. The van der Waals surface area contributed by atoms with Crippen molar-refractivity contribution in [2.45, 2.75) is 5.75 Å². The summed E-state index contributed by atoms with van der Waals surface area (Å²) in [5.74, 6) is 0.165. The SMILES string of the molecule is CN(C)CN(c1ccccc1)c1c(CS(=O)O)cnc2ccc(-c3ccccc3O)cc12. The lowest BCUT2D eigenvalue weighted by Gasteiger charge is -2.31. The number of nitrogens with zero attached hydrogens (tertiary/aromatic N) is 3. The van der Waals surface area contributed by atoms with E-state index in [-0.39, 0.29) is 11.5 Å². The number of aromatic hydroxyl groups is 1. The Morgan fingerprint density at radius 3 is 2.38 bits per heavy atom. The number of phenolic OH excluding ortho intramolecular Hbond substituents is 1. The average Bonchev–Trinajstić information content (AvgIpc) is 2.78. The minimum atomic E-state index is -2.02. The Hall–Kier alpha value is -3.26. The second-order valence-corrected chi connectivity index (χ2v) is 8.76. The number of fused-ring (bicyclic) bond motifs is 1. The van der Waals surface area contributed by atoms with E-state index in [9.17, 15) is 13.9 Å². The number of para-hydroxylation sites is 2. The second kappa shape index (κ2) is 9.48. The maximum absolute atomic E-state index is 11.8. The zero-order chi connectivity index (χ0) is 22.7. The Morgan fingerprint density at radius 1 is 0.969 bits per heavy atom. The highest BCUT2D eigenvalue weighted by molar-refractivity contribution is 7.78. The van der Waals surface area contributed by atoms with Gasteiger partial charge in [-0.05, 0) is 50.0 Å². The largest absolute Gasteiger partial charge is 0.507 e. The van der Waals surface area contributed by atoms with Crippen molar-refractivity contribution >= 4 is 33.4 Å². The fraction of sp³-hybridized carbons (Fsp3) is 0.160. The van der Waals surface area contributed by atoms with E-state index in [1.54, 1.807) is 18.3 Å². The Labute approximate surface area is 190 Å². The summed E-state index contributed by atoms with van der Waals surface area (Å²) in [4.78, 5) is 8.73. The zero-order valence-electron chi connectivity index (χ0n) is 18.0. The third-order valence-corrected chi connectivity index (χ3v) is 5.73. The van der Waals surface area contributed by atoms with Gasteiger partial charge >= 0.3 is 0 Å². The summed E-state index contributed by atoms with van der Waals surface area (Å²) in [5, 5.41) is 11.2. The van der Waals surface area contributed by atoms with Crippen LogP contribution < -0.4 is 4.90 Å². The fourth-order valence-corrected chi connectivity index (χ4v) is 4.31. The van der Waals surface area contributed by atoms with Gasteiger partial charge in [-0.2, -0.15) is 0 Å². The highest BCUT2D eigenvalue weighted by Gasteiger charge is 2.20. The molecule has 0 amide bonds. The molecular weight excluding hydrogens is 422 g/mol. The van der Waals surface area contributed by atoms with E-state index in [1.165, 1.54) is 0 Å². The smallest absolute Gasteiger partial charge is 0.157 e. The first-order chi connectivity index (χ1) is 15.4. The highest BCUT2D eigenvalue weighted by Crippen LogP contribution is 2.38. The summed E-state index contributed by atoms with van der Waals surface area (Å²) in [5.41, 5.74) is 4.81. The van der Waals surface area contributed by atoms with Crippen molar-refractivity contribution in [3.63, 3.8) is 0 Å². The second-order valence-electron chi connectivity index (χ2n) is 7.83. The standard InChI is InChI=1S/C25H25N3O3S/c1-27(2)17-28(20-8-4-3-5-9-20)25-19(16-32(30)31)15-26-23-13-12-18(14-22(23)25)21-10-6-7-11-24(21)29/h3-15,29H,16-17H2,1-2H3,(H,30,31). The number of phenols is 1. The van der Waals surface area contributed by atoms with Gasteiger partial charge in [0.05, 0.1) is 23.6 Å². The number of rotatable bonds is 7. The highest BCUT2D eigenvalue weighted by atomic mass is 32.2. The Balaban J connectivity index is 2.01. The molecule has 4 aromatic rings. The average molecular weight is 448 g/mol. The summed E-state index contributed by atoms with van der Waals surface area (Å²) in [7, 11) is 3.97. The van der Waals surface area contributed by atoms with Crippen LogP contribution in [0.2, 0.25) is 0 Å². The maximum Gasteiger partial charge on any atom is 0.157 e. The lowest BCUT2D eigenvalue weighted by atomic mass is 10.00. The topological polar surface area (TPSA) is 76.9 Å². The minimum Gasteiger partial charge on any atom is -0.507 e.